The molecule has 0 radical (unpaired) electrons. The highest BCUT2D eigenvalue weighted by molar-refractivity contribution is 5.93. The summed E-state index contributed by atoms with van der Waals surface area (Å²) in [5.74, 6) is 0.300. The van der Waals surface area contributed by atoms with E-state index in [9.17, 15) is 4.79 Å². The fraction of sp³-hybridized carbons (Fsp3) is 0.350. The summed E-state index contributed by atoms with van der Waals surface area (Å²) in [7, 11) is 1.63. The molecule has 2 aromatic carbocycles. The van der Waals surface area contributed by atoms with Gasteiger partial charge in [0.25, 0.3) is 0 Å². The van der Waals surface area contributed by atoms with Gasteiger partial charge in [-0.25, -0.2) is 0 Å². The lowest BCUT2D eigenvalue weighted by Crippen LogP contribution is -2.30. The number of amides is 1. The first-order valence-corrected chi connectivity index (χ1v) is 8.36. The van der Waals surface area contributed by atoms with Crippen LogP contribution in [-0.2, 0) is 9.53 Å². The molecule has 2 unspecified atom stereocenters. The van der Waals surface area contributed by atoms with Crippen molar-refractivity contribution in [1.29, 1.82) is 0 Å². The zero-order valence-electron chi connectivity index (χ0n) is 15.4. The van der Waals surface area contributed by atoms with Crippen LogP contribution in [0.4, 0.5) is 5.69 Å². The van der Waals surface area contributed by atoms with E-state index in [2.05, 4.69) is 5.32 Å². The van der Waals surface area contributed by atoms with E-state index in [1.165, 1.54) is 0 Å². The summed E-state index contributed by atoms with van der Waals surface area (Å²) >= 11 is 0. The molecule has 0 bridgehead atoms. The number of rotatable bonds is 8. The Balaban J connectivity index is 0.00000338. The van der Waals surface area contributed by atoms with E-state index in [1.807, 2.05) is 62.4 Å². The van der Waals surface area contributed by atoms with Crippen molar-refractivity contribution >= 4 is 24.0 Å². The molecule has 0 fully saturated rings. The normalized spacial score (nSPS) is 12.6. The first kappa shape index (κ1) is 22.0. The number of nitrogens with two attached hydrogens (primary N) is 1. The molecular weight excluding hydrogens is 352 g/mol. The number of carbonyl (C=O) groups excluding carboxylic acids is 1. The molecule has 6 heteroatoms. The summed E-state index contributed by atoms with van der Waals surface area (Å²) in [6.45, 7) is 4.79. The third kappa shape index (κ3) is 6.02. The van der Waals surface area contributed by atoms with Gasteiger partial charge < -0.3 is 20.5 Å². The topological polar surface area (TPSA) is 73.6 Å². The second-order valence-corrected chi connectivity index (χ2v) is 6.03. The number of aryl methyl sites for hydroxylation is 1. The Labute approximate surface area is 161 Å². The fourth-order valence-corrected chi connectivity index (χ4v) is 2.48. The van der Waals surface area contributed by atoms with Crippen LogP contribution in [0, 0.1) is 12.8 Å². The van der Waals surface area contributed by atoms with Crippen LogP contribution >= 0.6 is 12.4 Å². The molecule has 2 rings (SSSR count). The van der Waals surface area contributed by atoms with Crippen molar-refractivity contribution in [2.75, 3.05) is 25.6 Å². The summed E-state index contributed by atoms with van der Waals surface area (Å²) in [5, 5.41) is 2.96. The number of nitrogens with one attached hydrogen (secondary N) is 1. The molecular formula is C20H27ClN2O3. The van der Waals surface area contributed by atoms with Gasteiger partial charge in [-0.05, 0) is 36.2 Å². The molecule has 26 heavy (non-hydrogen) atoms. The van der Waals surface area contributed by atoms with Crippen molar-refractivity contribution in [3.63, 3.8) is 0 Å². The average molecular weight is 379 g/mol. The fourth-order valence-electron chi connectivity index (χ4n) is 2.48. The molecule has 0 saturated carbocycles. The largest absolute Gasteiger partial charge is 0.491 e. The number of hydrogen-bond acceptors (Lipinski definition) is 4. The second-order valence-electron chi connectivity index (χ2n) is 6.03. The van der Waals surface area contributed by atoms with Gasteiger partial charge in [0.2, 0.25) is 5.91 Å². The van der Waals surface area contributed by atoms with Gasteiger partial charge >= 0.3 is 0 Å². The maximum Gasteiger partial charge on any atom is 0.229 e. The molecule has 5 nitrogen and oxygen atoms in total. The molecule has 0 aliphatic carbocycles. The maximum atomic E-state index is 12.5. The van der Waals surface area contributed by atoms with Crippen LogP contribution in [0.25, 0.3) is 0 Å². The lowest BCUT2D eigenvalue weighted by Gasteiger charge is -2.20. The van der Waals surface area contributed by atoms with E-state index in [0.717, 1.165) is 22.6 Å². The summed E-state index contributed by atoms with van der Waals surface area (Å²) in [6.07, 6.45) is 0. The number of methoxy groups -OCH3 is 1. The Morgan fingerprint density at radius 3 is 2.46 bits per heavy atom. The monoisotopic (exact) mass is 378 g/mol. The third-order valence-corrected chi connectivity index (χ3v) is 4.15. The van der Waals surface area contributed by atoms with Gasteiger partial charge in [-0.1, -0.05) is 37.3 Å². The first-order valence-electron chi connectivity index (χ1n) is 8.36. The van der Waals surface area contributed by atoms with Crippen molar-refractivity contribution in [3.8, 4) is 5.75 Å². The van der Waals surface area contributed by atoms with Gasteiger partial charge in [0.15, 0.2) is 0 Å². The Kier molecular flexibility index (Phi) is 9.13. The molecule has 1 amide bonds. The standard InChI is InChI=1S/C20H26N2O3.ClH/c1-14-13-17(25-12-11-24-3)9-10-18(14)22-20(23)15(2)19(21)16-7-5-4-6-8-16;/h4-10,13,15,19H,11-12,21H2,1-3H3,(H,22,23);1H. The molecule has 2 atom stereocenters. The first-order chi connectivity index (χ1) is 12.0. The van der Waals surface area contributed by atoms with Crippen LogP contribution in [0.2, 0.25) is 0 Å². The minimum absolute atomic E-state index is 0. The van der Waals surface area contributed by atoms with Crippen molar-refractivity contribution < 1.29 is 14.3 Å². The van der Waals surface area contributed by atoms with Crippen LogP contribution in [-0.4, -0.2) is 26.2 Å². The maximum absolute atomic E-state index is 12.5. The number of benzene rings is 2. The lowest BCUT2D eigenvalue weighted by atomic mass is 9.94. The highest BCUT2D eigenvalue weighted by Gasteiger charge is 2.22. The summed E-state index contributed by atoms with van der Waals surface area (Å²) < 4.78 is 10.5. The number of carbonyl (C=O) groups is 1. The predicted molar refractivity (Wildman–Crippen MR) is 107 cm³/mol. The minimum Gasteiger partial charge on any atom is -0.491 e. The smallest absolute Gasteiger partial charge is 0.229 e. The van der Waals surface area contributed by atoms with E-state index in [4.69, 9.17) is 15.2 Å². The lowest BCUT2D eigenvalue weighted by molar-refractivity contribution is -0.120. The number of hydrogen-bond donors (Lipinski definition) is 2. The van der Waals surface area contributed by atoms with Gasteiger partial charge in [0, 0.05) is 18.8 Å². The van der Waals surface area contributed by atoms with E-state index >= 15 is 0 Å². The molecule has 0 heterocycles. The van der Waals surface area contributed by atoms with E-state index in [0.29, 0.717) is 13.2 Å². The second kappa shape index (κ2) is 10.8. The minimum atomic E-state index is -0.349. The van der Waals surface area contributed by atoms with Crippen LogP contribution in [0.5, 0.6) is 5.75 Å². The zero-order chi connectivity index (χ0) is 18.2. The summed E-state index contributed by atoms with van der Waals surface area (Å²) in [5.41, 5.74) is 8.87. The molecule has 3 N–H and O–H groups in total. The number of halogens is 1. The van der Waals surface area contributed by atoms with Crippen LogP contribution in [0.3, 0.4) is 0 Å². The predicted octanol–water partition coefficient (Wildman–Crippen LogP) is 3.72. The molecule has 0 aliphatic rings. The van der Waals surface area contributed by atoms with E-state index in [-0.39, 0.29) is 30.3 Å². The highest BCUT2D eigenvalue weighted by Crippen LogP contribution is 2.24. The van der Waals surface area contributed by atoms with Crippen molar-refractivity contribution in [1.82, 2.24) is 0 Å². The Hall–Kier alpha value is -2.08. The Morgan fingerprint density at radius 1 is 1.15 bits per heavy atom. The average Bonchev–Trinajstić information content (AvgIpc) is 2.63. The third-order valence-electron chi connectivity index (χ3n) is 4.15. The van der Waals surface area contributed by atoms with Gasteiger partial charge in [-0.15, -0.1) is 12.4 Å². The summed E-state index contributed by atoms with van der Waals surface area (Å²) in [6, 6.07) is 14.9. The van der Waals surface area contributed by atoms with E-state index < -0.39 is 0 Å². The van der Waals surface area contributed by atoms with E-state index in [1.54, 1.807) is 7.11 Å². The Morgan fingerprint density at radius 2 is 1.85 bits per heavy atom. The SMILES string of the molecule is COCCOc1ccc(NC(=O)C(C)C(N)c2ccccc2)c(C)c1.Cl. The quantitative estimate of drug-likeness (QED) is 0.686. The number of ether oxygens (including phenoxy) is 2. The molecule has 0 spiro atoms. The molecule has 0 saturated heterocycles. The molecule has 142 valence electrons. The van der Waals surface area contributed by atoms with Gasteiger partial charge in [-0.2, -0.15) is 0 Å². The van der Waals surface area contributed by atoms with Gasteiger partial charge in [0.1, 0.15) is 12.4 Å². The van der Waals surface area contributed by atoms with Crippen LogP contribution < -0.4 is 15.8 Å². The Bertz CT molecular complexity index is 695. The van der Waals surface area contributed by atoms with Crippen molar-refractivity contribution in [3.05, 3.63) is 59.7 Å². The zero-order valence-corrected chi connectivity index (χ0v) is 16.2. The van der Waals surface area contributed by atoms with Crippen molar-refractivity contribution in [2.45, 2.75) is 19.9 Å². The van der Waals surface area contributed by atoms with Crippen molar-refractivity contribution in [2.24, 2.45) is 11.7 Å². The van der Waals surface area contributed by atoms with Crippen LogP contribution in [0.15, 0.2) is 48.5 Å². The van der Waals surface area contributed by atoms with Gasteiger partial charge in [0.05, 0.1) is 12.5 Å². The van der Waals surface area contributed by atoms with Gasteiger partial charge in [-0.3, -0.25) is 4.79 Å². The summed E-state index contributed by atoms with van der Waals surface area (Å²) in [4.78, 5) is 12.5. The number of anilines is 1. The van der Waals surface area contributed by atoms with Crippen LogP contribution in [0.1, 0.15) is 24.1 Å². The molecule has 0 aliphatic heterocycles. The molecule has 2 aromatic rings. The highest BCUT2D eigenvalue weighted by atomic mass is 35.5. The molecule has 0 aromatic heterocycles.